The lowest BCUT2D eigenvalue weighted by molar-refractivity contribution is -0.141. The molecule has 0 aliphatic carbocycles. The number of ether oxygens (including phenoxy) is 3. The third-order valence-corrected chi connectivity index (χ3v) is 4.35. The Balaban J connectivity index is 1.94. The summed E-state index contributed by atoms with van der Waals surface area (Å²) in [5.74, 6) is 0.184. The maximum atomic E-state index is 12.4. The van der Waals surface area contributed by atoms with Gasteiger partial charge in [-0.3, -0.25) is 14.4 Å². The fraction of sp³-hybridized carbons (Fsp3) is 0.381. The second kappa shape index (κ2) is 11.5. The normalized spacial score (nSPS) is 11.3. The highest BCUT2D eigenvalue weighted by molar-refractivity contribution is 5.91. The van der Waals surface area contributed by atoms with Crippen molar-refractivity contribution in [1.29, 1.82) is 0 Å². The summed E-state index contributed by atoms with van der Waals surface area (Å²) in [7, 11) is 4.32. The first kappa shape index (κ1) is 22.8. The minimum absolute atomic E-state index is 0.0348. The number of carbonyl (C=O) groups is 3. The van der Waals surface area contributed by atoms with Crippen molar-refractivity contribution in [2.45, 2.75) is 25.3 Å². The summed E-state index contributed by atoms with van der Waals surface area (Å²) in [6.07, 6.45) is 1.98. The van der Waals surface area contributed by atoms with Gasteiger partial charge in [0.15, 0.2) is 17.3 Å². The zero-order valence-electron chi connectivity index (χ0n) is 17.2. The van der Waals surface area contributed by atoms with Crippen LogP contribution in [0.3, 0.4) is 0 Å². The smallest absolute Gasteiger partial charge is 0.307 e. The van der Waals surface area contributed by atoms with Gasteiger partial charge in [-0.25, -0.2) is 0 Å². The molecule has 1 heterocycles. The molecule has 0 saturated heterocycles. The molecule has 0 aliphatic rings. The molecule has 0 aliphatic heterocycles. The second-order valence-electron chi connectivity index (χ2n) is 6.35. The van der Waals surface area contributed by atoms with Crippen molar-refractivity contribution in [1.82, 2.24) is 10.6 Å². The molecule has 1 aromatic carbocycles. The van der Waals surface area contributed by atoms with Gasteiger partial charge in [-0.2, -0.15) is 0 Å². The van der Waals surface area contributed by atoms with Crippen molar-refractivity contribution in [2.24, 2.45) is 0 Å². The molecule has 0 bridgehead atoms. The van der Waals surface area contributed by atoms with Crippen LogP contribution in [-0.2, 0) is 14.3 Å². The number of rotatable bonds is 11. The summed E-state index contributed by atoms with van der Waals surface area (Å²) in [5.41, 5.74) is 0.678. The minimum Gasteiger partial charge on any atom is -0.493 e. The molecule has 162 valence electrons. The summed E-state index contributed by atoms with van der Waals surface area (Å²) in [6, 6.07) is 7.74. The summed E-state index contributed by atoms with van der Waals surface area (Å²) < 4.78 is 20.3. The molecule has 2 rings (SSSR count). The predicted octanol–water partition coefficient (Wildman–Crippen LogP) is 2.23. The van der Waals surface area contributed by atoms with Gasteiger partial charge in [0.1, 0.15) is 0 Å². The van der Waals surface area contributed by atoms with Crippen molar-refractivity contribution in [2.75, 3.05) is 27.9 Å². The van der Waals surface area contributed by atoms with Crippen LogP contribution in [0.25, 0.3) is 0 Å². The quantitative estimate of drug-likeness (QED) is 0.425. The largest absolute Gasteiger partial charge is 0.493 e. The Kier molecular flexibility index (Phi) is 8.74. The van der Waals surface area contributed by atoms with Gasteiger partial charge in [0.05, 0.1) is 40.1 Å². The Morgan fingerprint density at radius 3 is 2.47 bits per heavy atom. The van der Waals surface area contributed by atoms with Gasteiger partial charge in [0, 0.05) is 13.0 Å². The van der Waals surface area contributed by atoms with E-state index in [0.29, 0.717) is 30.0 Å². The molecular formula is C21H26N2O7. The number of esters is 1. The minimum atomic E-state index is -0.595. The van der Waals surface area contributed by atoms with Crippen LogP contribution in [0.2, 0.25) is 0 Å². The first-order valence-electron chi connectivity index (χ1n) is 9.38. The topological polar surface area (TPSA) is 116 Å². The van der Waals surface area contributed by atoms with Crippen LogP contribution in [0.4, 0.5) is 0 Å². The summed E-state index contributed by atoms with van der Waals surface area (Å²) in [5, 5.41) is 5.51. The maximum Gasteiger partial charge on any atom is 0.307 e. The van der Waals surface area contributed by atoms with Gasteiger partial charge in [0.25, 0.3) is 5.91 Å². The molecule has 1 unspecified atom stereocenters. The highest BCUT2D eigenvalue weighted by Crippen LogP contribution is 2.31. The van der Waals surface area contributed by atoms with Crippen LogP contribution < -0.4 is 20.1 Å². The van der Waals surface area contributed by atoms with E-state index in [1.807, 2.05) is 0 Å². The maximum absolute atomic E-state index is 12.4. The Hall–Kier alpha value is -3.49. The first-order chi connectivity index (χ1) is 14.5. The number of benzene rings is 1. The van der Waals surface area contributed by atoms with Crippen LogP contribution in [0, 0.1) is 0 Å². The van der Waals surface area contributed by atoms with Crippen LogP contribution >= 0.6 is 0 Å². The molecule has 0 radical (unpaired) electrons. The molecule has 0 saturated carbocycles. The van der Waals surface area contributed by atoms with Gasteiger partial charge in [0.2, 0.25) is 5.91 Å². The SMILES string of the molecule is COC(=O)CC(NC(=O)CCCNC(=O)c1ccco1)c1ccc(OC)c(OC)c1. The fourth-order valence-electron chi connectivity index (χ4n) is 2.78. The zero-order chi connectivity index (χ0) is 21.9. The van der Waals surface area contributed by atoms with E-state index in [4.69, 9.17) is 18.6 Å². The van der Waals surface area contributed by atoms with E-state index in [-0.39, 0.29) is 30.4 Å². The van der Waals surface area contributed by atoms with Gasteiger partial charge < -0.3 is 29.3 Å². The van der Waals surface area contributed by atoms with E-state index >= 15 is 0 Å². The van der Waals surface area contributed by atoms with Gasteiger partial charge in [-0.1, -0.05) is 6.07 Å². The third kappa shape index (κ3) is 6.54. The molecule has 9 nitrogen and oxygen atoms in total. The average molecular weight is 418 g/mol. The Morgan fingerprint density at radius 1 is 1.07 bits per heavy atom. The van der Waals surface area contributed by atoms with Crippen LogP contribution in [0.15, 0.2) is 41.0 Å². The van der Waals surface area contributed by atoms with Crippen molar-refractivity contribution < 1.29 is 33.0 Å². The highest BCUT2D eigenvalue weighted by atomic mass is 16.5. The predicted molar refractivity (Wildman–Crippen MR) is 107 cm³/mol. The standard InChI is InChI=1S/C21H26N2O7/c1-27-16-9-8-14(12-18(16)28-2)15(13-20(25)29-3)23-19(24)7-4-10-22-21(26)17-6-5-11-30-17/h5-6,8-9,11-12,15H,4,7,10,13H2,1-3H3,(H,22,26)(H,23,24). The van der Waals surface area contributed by atoms with Gasteiger partial charge >= 0.3 is 5.97 Å². The van der Waals surface area contributed by atoms with E-state index in [2.05, 4.69) is 10.6 Å². The lowest BCUT2D eigenvalue weighted by atomic mass is 10.0. The number of furan rings is 1. The number of methoxy groups -OCH3 is 3. The van der Waals surface area contributed by atoms with E-state index in [1.165, 1.54) is 27.6 Å². The lowest BCUT2D eigenvalue weighted by Gasteiger charge is -2.20. The molecule has 0 spiro atoms. The van der Waals surface area contributed by atoms with Crippen LogP contribution in [0.1, 0.15) is 41.4 Å². The van der Waals surface area contributed by atoms with E-state index in [1.54, 1.807) is 30.3 Å². The van der Waals surface area contributed by atoms with Crippen LogP contribution in [-0.4, -0.2) is 45.7 Å². The average Bonchev–Trinajstić information content (AvgIpc) is 3.30. The van der Waals surface area contributed by atoms with Gasteiger partial charge in [-0.15, -0.1) is 0 Å². The molecule has 0 fully saturated rings. The van der Waals surface area contributed by atoms with Crippen molar-refractivity contribution in [3.8, 4) is 11.5 Å². The van der Waals surface area contributed by atoms with Crippen molar-refractivity contribution >= 4 is 17.8 Å². The number of hydrogen-bond donors (Lipinski definition) is 2. The monoisotopic (exact) mass is 418 g/mol. The highest BCUT2D eigenvalue weighted by Gasteiger charge is 2.20. The molecule has 2 amide bonds. The fourth-order valence-corrected chi connectivity index (χ4v) is 2.78. The van der Waals surface area contributed by atoms with Gasteiger partial charge in [-0.05, 0) is 36.2 Å². The Bertz CT molecular complexity index is 849. The van der Waals surface area contributed by atoms with Crippen molar-refractivity contribution in [3.63, 3.8) is 0 Å². The number of hydrogen-bond acceptors (Lipinski definition) is 7. The van der Waals surface area contributed by atoms with E-state index in [0.717, 1.165) is 0 Å². The molecular weight excluding hydrogens is 392 g/mol. The van der Waals surface area contributed by atoms with E-state index < -0.39 is 12.0 Å². The van der Waals surface area contributed by atoms with E-state index in [9.17, 15) is 14.4 Å². The molecule has 1 atom stereocenters. The zero-order valence-corrected chi connectivity index (χ0v) is 17.2. The summed E-state index contributed by atoms with van der Waals surface area (Å²) >= 11 is 0. The third-order valence-electron chi connectivity index (χ3n) is 4.35. The molecule has 9 heteroatoms. The molecule has 30 heavy (non-hydrogen) atoms. The number of amides is 2. The molecule has 2 aromatic rings. The second-order valence-corrected chi connectivity index (χ2v) is 6.35. The Labute approximate surface area is 174 Å². The summed E-state index contributed by atoms with van der Waals surface area (Å²) in [6.45, 7) is 0.310. The Morgan fingerprint density at radius 2 is 1.83 bits per heavy atom. The molecule has 1 aromatic heterocycles. The number of nitrogens with one attached hydrogen (secondary N) is 2. The first-order valence-corrected chi connectivity index (χ1v) is 9.38. The number of carbonyl (C=O) groups excluding carboxylic acids is 3. The summed E-state index contributed by atoms with van der Waals surface area (Å²) in [4.78, 5) is 36.0. The molecule has 2 N–H and O–H groups in total. The lowest BCUT2D eigenvalue weighted by Crippen LogP contribution is -2.31. The van der Waals surface area contributed by atoms with Crippen LogP contribution in [0.5, 0.6) is 11.5 Å². The van der Waals surface area contributed by atoms with Crippen molar-refractivity contribution in [3.05, 3.63) is 47.9 Å².